The molecule has 10 nitrogen and oxygen atoms in total. The zero-order valence-corrected chi connectivity index (χ0v) is 19.8. The van der Waals surface area contributed by atoms with Crippen molar-refractivity contribution in [2.75, 3.05) is 12.4 Å². The van der Waals surface area contributed by atoms with E-state index in [1.165, 1.54) is 17.9 Å². The maximum atomic E-state index is 14.0. The quantitative estimate of drug-likeness (QED) is 0.233. The Morgan fingerprint density at radius 2 is 1.78 bits per heavy atom. The highest BCUT2D eigenvalue weighted by Gasteiger charge is 2.43. The van der Waals surface area contributed by atoms with Crippen LogP contribution in [0.2, 0.25) is 0 Å². The fourth-order valence-electron chi connectivity index (χ4n) is 3.99. The standard InChI is InChI=1S/C27H19N5O5/c1-16-9-10-21(37-3)19(13-16)30-27(36)25(32-22(33)11-12-23(32)34)26(35)24-18(14-28)20(29-2)15-31(24)17-7-5-4-6-8-17/h4-13,15,25H,1,3H3,(H,30,36). The Bertz CT molecular complexity index is 1540. The van der Waals surface area contributed by atoms with Gasteiger partial charge in [0.15, 0.2) is 6.04 Å². The van der Waals surface area contributed by atoms with E-state index in [9.17, 15) is 24.4 Å². The molecule has 1 aliphatic heterocycles. The summed E-state index contributed by atoms with van der Waals surface area (Å²) in [6.45, 7) is 9.25. The summed E-state index contributed by atoms with van der Waals surface area (Å²) in [6, 6.07) is 13.3. The van der Waals surface area contributed by atoms with Gasteiger partial charge in [-0.25, -0.2) is 4.85 Å². The summed E-state index contributed by atoms with van der Waals surface area (Å²) in [6.07, 6.45) is 3.21. The number of anilines is 1. The van der Waals surface area contributed by atoms with Crippen molar-refractivity contribution in [1.82, 2.24) is 9.47 Å². The van der Waals surface area contributed by atoms with Gasteiger partial charge in [0.25, 0.3) is 17.7 Å². The number of rotatable bonds is 7. The third-order valence-corrected chi connectivity index (χ3v) is 5.70. The van der Waals surface area contributed by atoms with Gasteiger partial charge in [-0.1, -0.05) is 24.3 Å². The van der Waals surface area contributed by atoms with E-state index < -0.39 is 29.5 Å². The largest absolute Gasteiger partial charge is 0.495 e. The van der Waals surface area contributed by atoms with Crippen LogP contribution in [0.4, 0.5) is 11.4 Å². The van der Waals surface area contributed by atoms with Crippen molar-refractivity contribution in [3.63, 3.8) is 0 Å². The van der Waals surface area contributed by atoms with Crippen molar-refractivity contribution in [1.29, 1.82) is 5.26 Å². The van der Waals surface area contributed by atoms with Gasteiger partial charge in [-0.2, -0.15) is 5.26 Å². The number of Topliss-reactive ketones (excluding diaryl/α,β-unsaturated/α-hetero) is 1. The molecule has 2 heterocycles. The highest BCUT2D eigenvalue weighted by Crippen LogP contribution is 2.31. The number of hydrogen-bond acceptors (Lipinski definition) is 6. The Labute approximate surface area is 211 Å². The summed E-state index contributed by atoms with van der Waals surface area (Å²) in [5.74, 6) is -3.44. The summed E-state index contributed by atoms with van der Waals surface area (Å²) in [4.78, 5) is 56.7. The molecule has 182 valence electrons. The molecule has 37 heavy (non-hydrogen) atoms. The number of aromatic nitrogens is 1. The van der Waals surface area contributed by atoms with Crippen molar-refractivity contribution >= 4 is 34.9 Å². The first-order valence-corrected chi connectivity index (χ1v) is 10.9. The number of ketones is 1. The number of benzene rings is 2. The highest BCUT2D eigenvalue weighted by molar-refractivity contribution is 6.25. The van der Waals surface area contributed by atoms with Crippen LogP contribution in [0.15, 0.2) is 66.9 Å². The molecule has 1 aliphatic rings. The van der Waals surface area contributed by atoms with Crippen molar-refractivity contribution in [2.24, 2.45) is 0 Å². The third kappa shape index (κ3) is 4.47. The number of para-hydroxylation sites is 1. The lowest BCUT2D eigenvalue weighted by molar-refractivity contribution is -0.142. The molecule has 3 aromatic rings. The van der Waals surface area contributed by atoms with Crippen molar-refractivity contribution in [3.05, 3.63) is 95.1 Å². The number of aryl methyl sites for hydroxylation is 1. The van der Waals surface area contributed by atoms with Crippen LogP contribution in [0.25, 0.3) is 10.5 Å². The zero-order valence-electron chi connectivity index (χ0n) is 19.8. The van der Waals surface area contributed by atoms with Gasteiger partial charge in [-0.15, -0.1) is 0 Å². The van der Waals surface area contributed by atoms with E-state index in [4.69, 9.17) is 11.3 Å². The van der Waals surface area contributed by atoms with E-state index in [1.54, 1.807) is 55.5 Å². The number of imide groups is 1. The minimum absolute atomic E-state index is 0.119. The van der Waals surface area contributed by atoms with Crippen LogP contribution >= 0.6 is 0 Å². The number of methoxy groups -OCH3 is 1. The lowest BCUT2D eigenvalue weighted by Gasteiger charge is -2.25. The van der Waals surface area contributed by atoms with E-state index in [-0.39, 0.29) is 22.6 Å². The SMILES string of the molecule is [C-]#[N+]c1cn(-c2ccccc2)c(C(=O)C(C(=O)Nc2cc(C)ccc2OC)N2C(=O)C=CC2=O)c1C#N. The molecule has 1 atom stereocenters. The molecule has 0 saturated carbocycles. The molecule has 10 heteroatoms. The molecule has 4 rings (SSSR count). The average molecular weight is 493 g/mol. The van der Waals surface area contributed by atoms with Crippen LogP contribution in [0, 0.1) is 24.8 Å². The summed E-state index contributed by atoms with van der Waals surface area (Å²) in [5, 5.41) is 12.4. The first-order valence-electron chi connectivity index (χ1n) is 10.9. The Balaban J connectivity index is 1.88. The second-order valence-electron chi connectivity index (χ2n) is 8.01. The first kappa shape index (κ1) is 24.6. The Kier molecular flexibility index (Phi) is 6.67. The predicted octanol–water partition coefficient (Wildman–Crippen LogP) is 3.33. The van der Waals surface area contributed by atoms with Gasteiger partial charge in [-0.05, 0) is 36.8 Å². The predicted molar refractivity (Wildman–Crippen MR) is 132 cm³/mol. The molecule has 1 N–H and O–H groups in total. The second-order valence-corrected chi connectivity index (χ2v) is 8.01. The minimum Gasteiger partial charge on any atom is -0.495 e. The molecule has 1 unspecified atom stereocenters. The monoisotopic (exact) mass is 493 g/mol. The Morgan fingerprint density at radius 1 is 1.11 bits per heavy atom. The minimum atomic E-state index is -1.97. The Hall–Kier alpha value is -5.48. The van der Waals surface area contributed by atoms with Crippen LogP contribution in [-0.4, -0.2) is 46.1 Å². The van der Waals surface area contributed by atoms with E-state index in [0.29, 0.717) is 16.3 Å². The van der Waals surface area contributed by atoms with Gasteiger partial charge in [-0.3, -0.25) is 24.1 Å². The summed E-state index contributed by atoms with van der Waals surface area (Å²) < 4.78 is 6.59. The summed E-state index contributed by atoms with van der Waals surface area (Å²) >= 11 is 0. The smallest absolute Gasteiger partial charge is 0.255 e. The zero-order chi connectivity index (χ0) is 26.7. The lowest BCUT2D eigenvalue weighted by Crippen LogP contribution is -2.52. The highest BCUT2D eigenvalue weighted by atomic mass is 16.5. The van der Waals surface area contributed by atoms with Crippen LogP contribution in [-0.2, 0) is 14.4 Å². The molecule has 0 radical (unpaired) electrons. The van der Waals surface area contributed by atoms with Gasteiger partial charge in [0.1, 0.15) is 5.75 Å². The Morgan fingerprint density at radius 3 is 2.38 bits per heavy atom. The third-order valence-electron chi connectivity index (χ3n) is 5.70. The molecule has 1 aromatic heterocycles. The number of hydrogen-bond donors (Lipinski definition) is 1. The van der Waals surface area contributed by atoms with Gasteiger partial charge >= 0.3 is 0 Å². The molecule has 3 amide bonds. The number of nitriles is 1. The lowest BCUT2D eigenvalue weighted by atomic mass is 10.0. The van der Waals surface area contributed by atoms with E-state index in [1.807, 2.05) is 6.07 Å². The van der Waals surface area contributed by atoms with Gasteiger partial charge < -0.3 is 14.6 Å². The van der Waals surface area contributed by atoms with Crippen molar-refractivity contribution in [2.45, 2.75) is 13.0 Å². The van der Waals surface area contributed by atoms with Crippen LogP contribution in [0.5, 0.6) is 5.75 Å². The van der Waals surface area contributed by atoms with Gasteiger partial charge in [0, 0.05) is 24.0 Å². The first-order chi connectivity index (χ1) is 17.8. The molecule has 2 aromatic carbocycles. The number of carbonyl (C=O) groups excluding carboxylic acids is 4. The molecular formula is C27H19N5O5. The maximum absolute atomic E-state index is 14.0. The molecule has 0 aliphatic carbocycles. The van der Waals surface area contributed by atoms with Gasteiger partial charge in [0.2, 0.25) is 11.5 Å². The molecule has 0 spiro atoms. The topological polar surface area (TPSA) is 126 Å². The normalized spacial score (nSPS) is 13.1. The van der Waals surface area contributed by atoms with Crippen LogP contribution in [0.3, 0.4) is 0 Å². The molecule has 0 bridgehead atoms. The number of ether oxygens (including phenoxy) is 1. The molecule has 0 saturated heterocycles. The summed E-state index contributed by atoms with van der Waals surface area (Å²) in [5.41, 5.74) is 0.740. The van der Waals surface area contributed by atoms with Crippen LogP contribution in [0.1, 0.15) is 21.6 Å². The van der Waals surface area contributed by atoms with Crippen LogP contribution < -0.4 is 10.1 Å². The van der Waals surface area contributed by atoms with Crippen molar-refractivity contribution < 1.29 is 23.9 Å². The number of carbonyl (C=O) groups is 4. The fourth-order valence-corrected chi connectivity index (χ4v) is 3.99. The summed E-state index contributed by atoms with van der Waals surface area (Å²) in [7, 11) is 1.40. The average Bonchev–Trinajstić information content (AvgIpc) is 3.44. The van der Waals surface area contributed by atoms with Gasteiger partial charge in [0.05, 0.1) is 36.7 Å². The fraction of sp³-hybridized carbons (Fsp3) is 0.111. The number of amides is 3. The van der Waals surface area contributed by atoms with E-state index >= 15 is 0 Å². The van der Waals surface area contributed by atoms with E-state index in [0.717, 1.165) is 17.7 Å². The van der Waals surface area contributed by atoms with E-state index in [2.05, 4.69) is 10.2 Å². The maximum Gasteiger partial charge on any atom is 0.255 e. The molecule has 0 fully saturated rings. The molecular weight excluding hydrogens is 474 g/mol. The number of nitrogens with one attached hydrogen (secondary N) is 1. The second kappa shape index (κ2) is 10.0. The number of nitrogens with zero attached hydrogens (tertiary/aromatic N) is 4. The van der Waals surface area contributed by atoms with Crippen molar-refractivity contribution in [3.8, 4) is 17.5 Å².